The maximum absolute atomic E-state index is 12.5. The van der Waals surface area contributed by atoms with E-state index in [-0.39, 0.29) is 6.03 Å². The van der Waals surface area contributed by atoms with Crippen molar-refractivity contribution in [3.05, 3.63) is 72.3 Å². The van der Waals surface area contributed by atoms with E-state index in [1.54, 1.807) is 14.2 Å². The molecule has 0 saturated carbocycles. The summed E-state index contributed by atoms with van der Waals surface area (Å²) in [5.41, 5.74) is 1.59. The zero-order valence-corrected chi connectivity index (χ0v) is 14.8. The highest BCUT2D eigenvalue weighted by molar-refractivity contribution is 7.80. The van der Waals surface area contributed by atoms with Crippen molar-refractivity contribution < 1.29 is 9.53 Å². The van der Waals surface area contributed by atoms with Gasteiger partial charge in [0.1, 0.15) is 10.7 Å². The van der Waals surface area contributed by atoms with E-state index in [4.69, 9.17) is 17.0 Å². The van der Waals surface area contributed by atoms with Gasteiger partial charge in [0.25, 0.3) is 0 Å². The van der Waals surface area contributed by atoms with Crippen LogP contribution in [0.4, 0.5) is 10.5 Å². The summed E-state index contributed by atoms with van der Waals surface area (Å²) >= 11 is 5.45. The standard InChI is InChI=1S/C20H18N2O2S/c1-22(15-10-12-16(24-2)13-11-15)20(23)21-19(25)18-9-5-7-14-6-3-4-8-17(14)18/h3-13H,1-2H3,(H,21,23,25). The topological polar surface area (TPSA) is 41.6 Å². The van der Waals surface area contributed by atoms with Crippen LogP contribution in [0.2, 0.25) is 0 Å². The maximum Gasteiger partial charge on any atom is 0.326 e. The SMILES string of the molecule is COc1ccc(N(C)C(=O)NC(=S)c2cccc3ccccc23)cc1. The summed E-state index contributed by atoms with van der Waals surface area (Å²) in [5.74, 6) is 0.740. The number of fused-ring (bicyclic) bond motifs is 1. The van der Waals surface area contributed by atoms with Crippen molar-refractivity contribution in [1.29, 1.82) is 0 Å². The van der Waals surface area contributed by atoms with Crippen LogP contribution < -0.4 is 15.0 Å². The lowest BCUT2D eigenvalue weighted by Gasteiger charge is -2.19. The minimum atomic E-state index is -0.289. The van der Waals surface area contributed by atoms with Crippen LogP contribution >= 0.6 is 12.2 Å². The number of carbonyl (C=O) groups is 1. The minimum Gasteiger partial charge on any atom is -0.497 e. The van der Waals surface area contributed by atoms with Crippen molar-refractivity contribution in [2.45, 2.75) is 0 Å². The quantitative estimate of drug-likeness (QED) is 0.713. The van der Waals surface area contributed by atoms with Crippen LogP contribution in [0.5, 0.6) is 5.75 Å². The predicted molar refractivity (Wildman–Crippen MR) is 106 cm³/mol. The molecule has 0 saturated heterocycles. The van der Waals surface area contributed by atoms with E-state index in [9.17, 15) is 4.79 Å². The molecule has 2 amide bonds. The molecule has 0 aromatic heterocycles. The summed E-state index contributed by atoms with van der Waals surface area (Å²) in [6.45, 7) is 0. The molecule has 0 aliphatic heterocycles. The molecule has 5 heteroatoms. The Morgan fingerprint density at radius 3 is 2.40 bits per heavy atom. The highest BCUT2D eigenvalue weighted by atomic mass is 32.1. The third-order valence-corrected chi connectivity index (χ3v) is 4.34. The molecule has 3 aromatic carbocycles. The lowest BCUT2D eigenvalue weighted by molar-refractivity contribution is 0.252. The van der Waals surface area contributed by atoms with Crippen LogP contribution in [0.25, 0.3) is 10.8 Å². The summed E-state index contributed by atoms with van der Waals surface area (Å²) < 4.78 is 5.13. The molecule has 25 heavy (non-hydrogen) atoms. The first-order valence-corrected chi connectivity index (χ1v) is 8.22. The number of thiocarbonyl (C=S) groups is 1. The zero-order chi connectivity index (χ0) is 17.8. The first kappa shape index (κ1) is 16.9. The summed E-state index contributed by atoms with van der Waals surface area (Å²) in [6.07, 6.45) is 0. The monoisotopic (exact) mass is 350 g/mol. The second kappa shape index (κ2) is 7.32. The fourth-order valence-electron chi connectivity index (χ4n) is 2.59. The highest BCUT2D eigenvalue weighted by Gasteiger charge is 2.14. The zero-order valence-electron chi connectivity index (χ0n) is 14.0. The van der Waals surface area contributed by atoms with Gasteiger partial charge in [-0.1, -0.05) is 54.7 Å². The second-order valence-electron chi connectivity index (χ2n) is 5.54. The van der Waals surface area contributed by atoms with Crippen molar-refractivity contribution in [2.24, 2.45) is 0 Å². The number of benzene rings is 3. The summed E-state index contributed by atoms with van der Waals surface area (Å²) in [6, 6.07) is 20.8. The van der Waals surface area contributed by atoms with E-state index < -0.39 is 0 Å². The molecule has 0 atom stereocenters. The van der Waals surface area contributed by atoms with E-state index in [0.717, 1.165) is 27.8 Å². The van der Waals surface area contributed by atoms with E-state index >= 15 is 0 Å². The van der Waals surface area contributed by atoms with Gasteiger partial charge in [-0.3, -0.25) is 10.2 Å². The van der Waals surface area contributed by atoms with Gasteiger partial charge < -0.3 is 4.74 Å². The molecular weight excluding hydrogens is 332 g/mol. The van der Waals surface area contributed by atoms with Crippen molar-refractivity contribution >= 4 is 39.7 Å². The Kier molecular flexibility index (Phi) is 4.95. The minimum absolute atomic E-state index is 0.289. The van der Waals surface area contributed by atoms with Gasteiger partial charge in [0.2, 0.25) is 0 Å². The van der Waals surface area contributed by atoms with E-state index in [1.165, 1.54) is 4.90 Å². The van der Waals surface area contributed by atoms with Gasteiger partial charge in [0, 0.05) is 18.3 Å². The van der Waals surface area contributed by atoms with Crippen LogP contribution in [0.15, 0.2) is 66.7 Å². The molecule has 0 aliphatic carbocycles. The molecule has 0 aliphatic rings. The molecule has 3 aromatic rings. The Morgan fingerprint density at radius 1 is 1.00 bits per heavy atom. The number of amides is 2. The molecule has 0 bridgehead atoms. The number of nitrogens with one attached hydrogen (secondary N) is 1. The van der Waals surface area contributed by atoms with Gasteiger partial charge in [-0.15, -0.1) is 0 Å². The molecule has 0 unspecified atom stereocenters. The molecule has 3 rings (SSSR count). The van der Waals surface area contributed by atoms with Gasteiger partial charge in [0.15, 0.2) is 0 Å². The number of hydrogen-bond acceptors (Lipinski definition) is 3. The second-order valence-corrected chi connectivity index (χ2v) is 5.95. The fourth-order valence-corrected chi connectivity index (χ4v) is 2.86. The summed E-state index contributed by atoms with van der Waals surface area (Å²) in [4.78, 5) is 14.4. The Labute approximate surface area is 152 Å². The molecular formula is C20H18N2O2S. The summed E-state index contributed by atoms with van der Waals surface area (Å²) in [7, 11) is 3.30. The van der Waals surface area contributed by atoms with E-state index in [1.807, 2.05) is 66.7 Å². The summed E-state index contributed by atoms with van der Waals surface area (Å²) in [5, 5.41) is 4.90. The fraction of sp³-hybridized carbons (Fsp3) is 0.100. The first-order chi connectivity index (χ1) is 12.1. The van der Waals surface area contributed by atoms with Gasteiger partial charge in [-0.25, -0.2) is 4.79 Å². The first-order valence-electron chi connectivity index (χ1n) is 7.81. The average molecular weight is 350 g/mol. The van der Waals surface area contributed by atoms with Gasteiger partial charge in [0.05, 0.1) is 7.11 Å². The van der Waals surface area contributed by atoms with Crippen molar-refractivity contribution in [3.63, 3.8) is 0 Å². The number of methoxy groups -OCH3 is 1. The number of anilines is 1. The normalized spacial score (nSPS) is 10.3. The molecule has 4 nitrogen and oxygen atoms in total. The van der Waals surface area contributed by atoms with E-state index in [0.29, 0.717) is 4.99 Å². The molecule has 0 radical (unpaired) electrons. The number of ether oxygens (including phenoxy) is 1. The number of hydrogen-bond donors (Lipinski definition) is 1. The van der Waals surface area contributed by atoms with Crippen LogP contribution in [0.1, 0.15) is 5.56 Å². The van der Waals surface area contributed by atoms with E-state index in [2.05, 4.69) is 5.32 Å². The molecule has 0 spiro atoms. The molecule has 1 N–H and O–H groups in total. The predicted octanol–water partition coefficient (Wildman–Crippen LogP) is 4.37. The Bertz CT molecular complexity index is 917. The van der Waals surface area contributed by atoms with Crippen molar-refractivity contribution in [2.75, 3.05) is 19.1 Å². The Hall–Kier alpha value is -2.92. The number of carbonyl (C=O) groups excluding carboxylic acids is 1. The largest absolute Gasteiger partial charge is 0.497 e. The molecule has 126 valence electrons. The van der Waals surface area contributed by atoms with Crippen LogP contribution in [-0.4, -0.2) is 25.2 Å². The Balaban J connectivity index is 1.78. The average Bonchev–Trinajstić information content (AvgIpc) is 2.66. The van der Waals surface area contributed by atoms with Gasteiger partial charge in [-0.05, 0) is 35.0 Å². The van der Waals surface area contributed by atoms with Crippen LogP contribution in [0, 0.1) is 0 Å². The van der Waals surface area contributed by atoms with Gasteiger partial charge >= 0.3 is 6.03 Å². The third kappa shape index (κ3) is 3.61. The number of rotatable bonds is 3. The maximum atomic E-state index is 12.5. The molecule has 0 fully saturated rings. The molecule has 0 heterocycles. The number of urea groups is 1. The van der Waals surface area contributed by atoms with Crippen LogP contribution in [0.3, 0.4) is 0 Å². The highest BCUT2D eigenvalue weighted by Crippen LogP contribution is 2.20. The van der Waals surface area contributed by atoms with Crippen molar-refractivity contribution in [3.8, 4) is 5.75 Å². The lowest BCUT2D eigenvalue weighted by atomic mass is 10.0. The lowest BCUT2D eigenvalue weighted by Crippen LogP contribution is -2.40. The van der Waals surface area contributed by atoms with Gasteiger partial charge in [-0.2, -0.15) is 0 Å². The Morgan fingerprint density at radius 2 is 1.68 bits per heavy atom. The smallest absolute Gasteiger partial charge is 0.326 e. The third-order valence-electron chi connectivity index (χ3n) is 4.02. The van der Waals surface area contributed by atoms with Crippen molar-refractivity contribution in [1.82, 2.24) is 5.32 Å². The number of nitrogens with zero attached hydrogens (tertiary/aromatic N) is 1. The van der Waals surface area contributed by atoms with Crippen LogP contribution in [-0.2, 0) is 0 Å².